The zero-order chi connectivity index (χ0) is 15.5. The van der Waals surface area contributed by atoms with Crippen molar-refractivity contribution in [2.75, 3.05) is 26.2 Å². The number of primary amides is 1. The molecule has 1 aliphatic carbocycles. The molecular weight excluding hydrogens is 278 g/mol. The molecule has 2 aliphatic heterocycles. The summed E-state index contributed by atoms with van der Waals surface area (Å²) in [5.74, 6) is 1.04. The molecule has 0 aromatic carbocycles. The average Bonchev–Trinajstić information content (AvgIpc) is 2.97. The molecule has 2 N–H and O–H groups in total. The fourth-order valence-electron chi connectivity index (χ4n) is 4.22. The van der Waals surface area contributed by atoms with Crippen LogP contribution < -0.4 is 5.73 Å². The maximum atomic E-state index is 12.2. The number of nitrogens with zero attached hydrogens (tertiary/aromatic N) is 2. The van der Waals surface area contributed by atoms with Gasteiger partial charge in [0.2, 0.25) is 11.8 Å². The van der Waals surface area contributed by atoms with Crippen molar-refractivity contribution in [2.45, 2.75) is 57.4 Å². The fourth-order valence-corrected chi connectivity index (χ4v) is 4.22. The molecule has 5 nitrogen and oxygen atoms in total. The second-order valence-electron chi connectivity index (χ2n) is 7.35. The van der Waals surface area contributed by atoms with E-state index >= 15 is 0 Å². The summed E-state index contributed by atoms with van der Waals surface area (Å²) in [5.41, 5.74) is 5.37. The topological polar surface area (TPSA) is 66.6 Å². The molecule has 0 aromatic rings. The minimum Gasteiger partial charge on any atom is -0.369 e. The SMILES string of the molecule is NC(=O)C1CCN(C2CN(C(=O)CCC3CCCC3)C2)CC1. The van der Waals surface area contributed by atoms with E-state index in [-0.39, 0.29) is 11.8 Å². The van der Waals surface area contributed by atoms with E-state index in [4.69, 9.17) is 5.73 Å². The van der Waals surface area contributed by atoms with Crippen molar-refractivity contribution in [3.63, 3.8) is 0 Å². The predicted octanol–water partition coefficient (Wildman–Crippen LogP) is 1.36. The van der Waals surface area contributed by atoms with Gasteiger partial charge in [0.25, 0.3) is 0 Å². The summed E-state index contributed by atoms with van der Waals surface area (Å²) in [7, 11) is 0. The predicted molar refractivity (Wildman–Crippen MR) is 85.1 cm³/mol. The molecular formula is C17H29N3O2. The summed E-state index contributed by atoms with van der Waals surface area (Å²) >= 11 is 0. The van der Waals surface area contributed by atoms with Gasteiger partial charge >= 0.3 is 0 Å². The van der Waals surface area contributed by atoms with Gasteiger partial charge in [0.1, 0.15) is 0 Å². The molecule has 22 heavy (non-hydrogen) atoms. The third kappa shape index (κ3) is 3.62. The van der Waals surface area contributed by atoms with Gasteiger partial charge in [0, 0.05) is 31.5 Å². The number of hydrogen-bond acceptors (Lipinski definition) is 3. The molecule has 2 heterocycles. The number of carbonyl (C=O) groups is 2. The van der Waals surface area contributed by atoms with Crippen molar-refractivity contribution >= 4 is 11.8 Å². The molecule has 5 heteroatoms. The van der Waals surface area contributed by atoms with Crippen LogP contribution in [0, 0.1) is 11.8 Å². The zero-order valence-electron chi connectivity index (χ0n) is 13.5. The Balaban J connectivity index is 1.33. The Hall–Kier alpha value is -1.10. The molecule has 2 saturated heterocycles. The van der Waals surface area contributed by atoms with E-state index in [0.29, 0.717) is 11.9 Å². The van der Waals surface area contributed by atoms with Crippen LogP contribution in [-0.2, 0) is 9.59 Å². The number of carbonyl (C=O) groups excluding carboxylic acids is 2. The summed E-state index contributed by atoms with van der Waals surface area (Å²) in [6, 6.07) is 0.504. The molecule has 124 valence electrons. The third-order valence-electron chi connectivity index (χ3n) is 5.90. The Morgan fingerprint density at radius 2 is 1.64 bits per heavy atom. The van der Waals surface area contributed by atoms with Gasteiger partial charge in [-0.1, -0.05) is 25.7 Å². The molecule has 2 amide bonds. The van der Waals surface area contributed by atoms with Crippen LogP contribution in [0.25, 0.3) is 0 Å². The van der Waals surface area contributed by atoms with E-state index in [2.05, 4.69) is 4.90 Å². The molecule has 0 atom stereocenters. The summed E-state index contributed by atoms with van der Waals surface area (Å²) in [6.45, 7) is 3.65. The number of amides is 2. The van der Waals surface area contributed by atoms with Crippen molar-refractivity contribution in [1.82, 2.24) is 9.80 Å². The number of piperidine rings is 1. The molecule has 3 aliphatic rings. The van der Waals surface area contributed by atoms with Gasteiger partial charge in [0.05, 0.1) is 0 Å². The minimum atomic E-state index is -0.156. The fraction of sp³-hybridized carbons (Fsp3) is 0.882. The molecule has 0 bridgehead atoms. The van der Waals surface area contributed by atoms with E-state index in [0.717, 1.165) is 57.8 Å². The van der Waals surface area contributed by atoms with Crippen LogP contribution in [0.3, 0.4) is 0 Å². The van der Waals surface area contributed by atoms with E-state index in [9.17, 15) is 9.59 Å². The average molecular weight is 307 g/mol. The van der Waals surface area contributed by atoms with Gasteiger partial charge < -0.3 is 10.6 Å². The Kier molecular flexibility index (Phi) is 5.01. The second kappa shape index (κ2) is 6.99. The lowest BCUT2D eigenvalue weighted by atomic mass is 9.93. The monoisotopic (exact) mass is 307 g/mol. The lowest BCUT2D eigenvalue weighted by molar-refractivity contribution is -0.139. The molecule has 0 radical (unpaired) electrons. The van der Waals surface area contributed by atoms with Crippen LogP contribution in [0.2, 0.25) is 0 Å². The Morgan fingerprint density at radius 3 is 2.23 bits per heavy atom. The van der Waals surface area contributed by atoms with Gasteiger partial charge in [-0.15, -0.1) is 0 Å². The number of rotatable bonds is 5. The summed E-state index contributed by atoms with van der Waals surface area (Å²) < 4.78 is 0. The summed E-state index contributed by atoms with van der Waals surface area (Å²) in [5, 5.41) is 0. The van der Waals surface area contributed by atoms with Crippen LogP contribution >= 0.6 is 0 Å². The van der Waals surface area contributed by atoms with Crippen LogP contribution in [0.1, 0.15) is 51.4 Å². The normalized spacial score (nSPS) is 25.4. The van der Waals surface area contributed by atoms with Gasteiger partial charge in [-0.05, 0) is 38.3 Å². The summed E-state index contributed by atoms with van der Waals surface area (Å²) in [6.07, 6.45) is 8.93. The molecule has 3 rings (SSSR count). The van der Waals surface area contributed by atoms with Crippen LogP contribution in [0.5, 0.6) is 0 Å². The smallest absolute Gasteiger partial charge is 0.222 e. The van der Waals surface area contributed by atoms with E-state index in [1.807, 2.05) is 4.90 Å². The summed E-state index contributed by atoms with van der Waals surface area (Å²) in [4.78, 5) is 27.8. The Bertz CT molecular complexity index is 406. The number of nitrogens with two attached hydrogens (primary N) is 1. The Labute approximate surface area is 133 Å². The highest BCUT2D eigenvalue weighted by molar-refractivity contribution is 5.77. The van der Waals surface area contributed by atoms with Crippen LogP contribution in [0.15, 0.2) is 0 Å². The van der Waals surface area contributed by atoms with Gasteiger partial charge in [-0.25, -0.2) is 0 Å². The highest BCUT2D eigenvalue weighted by Gasteiger charge is 2.36. The van der Waals surface area contributed by atoms with Crippen molar-refractivity contribution in [3.8, 4) is 0 Å². The number of hydrogen-bond donors (Lipinski definition) is 1. The third-order valence-corrected chi connectivity index (χ3v) is 5.90. The standard InChI is InChI=1S/C17H29N3O2/c18-17(22)14-7-9-19(10-8-14)15-11-20(12-15)16(21)6-5-13-3-1-2-4-13/h13-15H,1-12H2,(H2,18,22). The second-order valence-corrected chi connectivity index (χ2v) is 7.35. The maximum Gasteiger partial charge on any atom is 0.222 e. The quantitative estimate of drug-likeness (QED) is 0.834. The van der Waals surface area contributed by atoms with Gasteiger partial charge in [0.15, 0.2) is 0 Å². The largest absolute Gasteiger partial charge is 0.369 e. The van der Waals surface area contributed by atoms with Gasteiger partial charge in [-0.3, -0.25) is 14.5 Å². The van der Waals surface area contributed by atoms with E-state index in [1.54, 1.807) is 0 Å². The zero-order valence-corrected chi connectivity index (χ0v) is 13.5. The van der Waals surface area contributed by atoms with Crippen LogP contribution in [-0.4, -0.2) is 53.8 Å². The van der Waals surface area contributed by atoms with Crippen molar-refractivity contribution in [1.29, 1.82) is 0 Å². The molecule has 1 saturated carbocycles. The first-order chi connectivity index (χ1) is 10.6. The van der Waals surface area contributed by atoms with E-state index in [1.165, 1.54) is 25.7 Å². The van der Waals surface area contributed by atoms with Crippen molar-refractivity contribution < 1.29 is 9.59 Å². The van der Waals surface area contributed by atoms with E-state index < -0.39 is 0 Å². The lowest BCUT2D eigenvalue weighted by Crippen LogP contribution is -2.62. The number of likely N-dealkylation sites (tertiary alicyclic amines) is 2. The van der Waals surface area contributed by atoms with Crippen LogP contribution in [0.4, 0.5) is 0 Å². The maximum absolute atomic E-state index is 12.2. The highest BCUT2D eigenvalue weighted by atomic mass is 16.2. The first kappa shape index (κ1) is 15.8. The molecule has 0 aromatic heterocycles. The van der Waals surface area contributed by atoms with Crippen molar-refractivity contribution in [2.24, 2.45) is 17.6 Å². The first-order valence-corrected chi connectivity index (χ1v) is 8.94. The van der Waals surface area contributed by atoms with Crippen molar-refractivity contribution in [3.05, 3.63) is 0 Å². The highest BCUT2D eigenvalue weighted by Crippen LogP contribution is 2.29. The van der Waals surface area contributed by atoms with Gasteiger partial charge in [-0.2, -0.15) is 0 Å². The lowest BCUT2D eigenvalue weighted by Gasteiger charge is -2.47. The first-order valence-electron chi connectivity index (χ1n) is 8.94. The minimum absolute atomic E-state index is 0.0560. The molecule has 0 spiro atoms. The molecule has 0 unspecified atom stereocenters. The molecule has 3 fully saturated rings. The Morgan fingerprint density at radius 1 is 1.00 bits per heavy atom.